The normalized spacial score (nSPS) is 24.7. The number of unbranched alkanes of at least 4 members (excludes halogenated alkanes) is 1. The number of carboxylic acid groups (broad SMARTS) is 1. The van der Waals surface area contributed by atoms with Crippen LogP contribution in [0.2, 0.25) is 0 Å². The van der Waals surface area contributed by atoms with E-state index in [9.17, 15) is 4.79 Å². The summed E-state index contributed by atoms with van der Waals surface area (Å²) in [7, 11) is 0. The van der Waals surface area contributed by atoms with Crippen molar-refractivity contribution in [1.29, 1.82) is 0 Å². The van der Waals surface area contributed by atoms with Gasteiger partial charge in [0.05, 0.1) is 13.2 Å². The van der Waals surface area contributed by atoms with E-state index in [1.54, 1.807) is 6.92 Å². The molecule has 0 aromatic carbocycles. The fourth-order valence-corrected chi connectivity index (χ4v) is 2.27. The Morgan fingerprint density at radius 2 is 2.28 bits per heavy atom. The topological polar surface area (TPSA) is 75.8 Å². The molecule has 1 fully saturated rings. The highest BCUT2D eigenvalue weighted by atomic mass is 16.5. The van der Waals surface area contributed by atoms with E-state index in [1.807, 2.05) is 0 Å². The van der Waals surface area contributed by atoms with E-state index in [2.05, 4.69) is 11.8 Å². The molecule has 0 aromatic rings. The first-order chi connectivity index (χ1) is 8.47. The highest BCUT2D eigenvalue weighted by molar-refractivity contribution is 5.77. The average molecular weight is 258 g/mol. The van der Waals surface area contributed by atoms with Crippen LogP contribution in [0.25, 0.3) is 0 Å². The van der Waals surface area contributed by atoms with Crippen molar-refractivity contribution < 1.29 is 14.6 Å². The molecular formula is C13H26N2O3. The van der Waals surface area contributed by atoms with Crippen molar-refractivity contribution in [1.82, 2.24) is 4.90 Å². The number of ether oxygens (including phenoxy) is 1. The fourth-order valence-electron chi connectivity index (χ4n) is 2.27. The molecule has 106 valence electrons. The lowest BCUT2D eigenvalue weighted by Crippen LogP contribution is -2.46. The van der Waals surface area contributed by atoms with Gasteiger partial charge in [-0.1, -0.05) is 6.92 Å². The van der Waals surface area contributed by atoms with Gasteiger partial charge in [0.25, 0.3) is 0 Å². The molecule has 0 saturated carbocycles. The Labute approximate surface area is 109 Å². The van der Waals surface area contributed by atoms with E-state index < -0.39 is 11.5 Å². The number of hydrogen-bond donors (Lipinski definition) is 2. The van der Waals surface area contributed by atoms with Crippen molar-refractivity contribution in [3.63, 3.8) is 0 Å². The standard InChI is InChI=1S/C13H26N2O3/c1-3-11-10-18-9-8-15(11)7-5-4-6-13(2,14)12(16)17/h11H,3-10,14H2,1-2H3,(H,16,17). The summed E-state index contributed by atoms with van der Waals surface area (Å²) in [5, 5.41) is 8.92. The van der Waals surface area contributed by atoms with Gasteiger partial charge in [0.15, 0.2) is 0 Å². The predicted octanol–water partition coefficient (Wildman–Crippen LogP) is 1.07. The summed E-state index contributed by atoms with van der Waals surface area (Å²) in [4.78, 5) is 13.3. The molecule has 18 heavy (non-hydrogen) atoms. The number of rotatable bonds is 7. The molecule has 0 bridgehead atoms. The van der Waals surface area contributed by atoms with E-state index in [1.165, 1.54) is 0 Å². The number of nitrogens with two attached hydrogens (primary N) is 1. The Morgan fingerprint density at radius 1 is 1.56 bits per heavy atom. The monoisotopic (exact) mass is 258 g/mol. The Balaban J connectivity index is 2.22. The smallest absolute Gasteiger partial charge is 0.323 e. The van der Waals surface area contributed by atoms with E-state index in [4.69, 9.17) is 15.6 Å². The van der Waals surface area contributed by atoms with Gasteiger partial charge in [0.2, 0.25) is 0 Å². The molecule has 0 radical (unpaired) electrons. The quantitative estimate of drug-likeness (QED) is 0.668. The first kappa shape index (κ1) is 15.4. The van der Waals surface area contributed by atoms with E-state index in [0.29, 0.717) is 12.5 Å². The Hall–Kier alpha value is -0.650. The molecule has 1 aliphatic heterocycles. The molecule has 5 heteroatoms. The van der Waals surface area contributed by atoms with Crippen LogP contribution < -0.4 is 5.73 Å². The molecular weight excluding hydrogens is 232 g/mol. The van der Waals surface area contributed by atoms with E-state index in [-0.39, 0.29) is 0 Å². The largest absolute Gasteiger partial charge is 0.480 e. The van der Waals surface area contributed by atoms with Gasteiger partial charge in [-0.15, -0.1) is 0 Å². The molecule has 0 aliphatic carbocycles. The SMILES string of the molecule is CCC1COCCN1CCCCC(C)(N)C(=O)O. The van der Waals surface area contributed by atoms with Gasteiger partial charge in [0, 0.05) is 12.6 Å². The molecule has 0 spiro atoms. The lowest BCUT2D eigenvalue weighted by molar-refractivity contribution is -0.142. The highest BCUT2D eigenvalue weighted by Crippen LogP contribution is 2.14. The first-order valence-electron chi connectivity index (χ1n) is 6.81. The molecule has 2 unspecified atom stereocenters. The number of hydrogen-bond acceptors (Lipinski definition) is 4. The molecule has 0 aromatic heterocycles. The third kappa shape index (κ3) is 4.55. The minimum atomic E-state index is -1.09. The third-order valence-corrected chi connectivity index (χ3v) is 3.70. The van der Waals surface area contributed by atoms with Crippen molar-refractivity contribution >= 4 is 5.97 Å². The molecule has 3 N–H and O–H groups in total. The van der Waals surface area contributed by atoms with Gasteiger partial charge < -0.3 is 15.6 Å². The number of carboxylic acids is 1. The second-order valence-electron chi connectivity index (χ2n) is 5.35. The zero-order chi connectivity index (χ0) is 13.6. The molecule has 0 amide bonds. The van der Waals surface area contributed by atoms with Gasteiger partial charge in [-0.25, -0.2) is 0 Å². The van der Waals surface area contributed by atoms with Crippen LogP contribution in [0.4, 0.5) is 0 Å². The van der Waals surface area contributed by atoms with Gasteiger partial charge >= 0.3 is 5.97 Å². The maximum atomic E-state index is 10.9. The fraction of sp³-hybridized carbons (Fsp3) is 0.923. The molecule has 5 nitrogen and oxygen atoms in total. The lowest BCUT2D eigenvalue weighted by Gasteiger charge is -2.35. The van der Waals surface area contributed by atoms with Gasteiger partial charge in [-0.3, -0.25) is 9.69 Å². The minimum absolute atomic E-state index is 0.516. The van der Waals surface area contributed by atoms with Crippen LogP contribution in [0, 0.1) is 0 Å². The second kappa shape index (κ2) is 7.07. The first-order valence-corrected chi connectivity index (χ1v) is 6.81. The number of carbonyl (C=O) groups is 1. The van der Waals surface area contributed by atoms with Crippen molar-refractivity contribution in [3.8, 4) is 0 Å². The highest BCUT2D eigenvalue weighted by Gasteiger charge is 2.27. The maximum absolute atomic E-state index is 10.9. The van der Waals surface area contributed by atoms with Crippen LogP contribution in [0.5, 0.6) is 0 Å². The average Bonchev–Trinajstić information content (AvgIpc) is 2.35. The van der Waals surface area contributed by atoms with Gasteiger partial charge in [-0.05, 0) is 39.2 Å². The zero-order valence-electron chi connectivity index (χ0n) is 11.5. The lowest BCUT2D eigenvalue weighted by atomic mass is 9.96. The summed E-state index contributed by atoms with van der Waals surface area (Å²) < 4.78 is 5.46. The van der Waals surface area contributed by atoms with Crippen LogP contribution in [0.3, 0.4) is 0 Å². The van der Waals surface area contributed by atoms with Crippen LogP contribution in [-0.4, -0.2) is 53.9 Å². The van der Waals surface area contributed by atoms with Gasteiger partial charge in [0.1, 0.15) is 5.54 Å². The van der Waals surface area contributed by atoms with Crippen molar-refractivity contribution in [2.45, 2.75) is 51.1 Å². The molecule has 1 saturated heterocycles. The summed E-state index contributed by atoms with van der Waals surface area (Å²) in [6.07, 6.45) is 3.48. The summed E-state index contributed by atoms with van der Waals surface area (Å²) in [5.41, 5.74) is 4.61. The number of aliphatic carboxylic acids is 1. The third-order valence-electron chi connectivity index (χ3n) is 3.70. The molecule has 2 atom stereocenters. The van der Waals surface area contributed by atoms with Gasteiger partial charge in [-0.2, -0.15) is 0 Å². The second-order valence-corrected chi connectivity index (χ2v) is 5.35. The summed E-state index contributed by atoms with van der Waals surface area (Å²) in [6, 6.07) is 0.516. The van der Waals surface area contributed by atoms with E-state index >= 15 is 0 Å². The minimum Gasteiger partial charge on any atom is -0.480 e. The Morgan fingerprint density at radius 3 is 2.89 bits per heavy atom. The summed E-state index contributed by atoms with van der Waals surface area (Å²) in [6.45, 7) is 7.38. The van der Waals surface area contributed by atoms with Crippen molar-refractivity contribution in [3.05, 3.63) is 0 Å². The van der Waals surface area contributed by atoms with Crippen LogP contribution in [0.1, 0.15) is 39.5 Å². The Kier molecular flexibility index (Phi) is 6.05. The van der Waals surface area contributed by atoms with E-state index in [0.717, 1.165) is 45.6 Å². The van der Waals surface area contributed by atoms with Crippen LogP contribution in [-0.2, 0) is 9.53 Å². The summed E-state index contributed by atoms with van der Waals surface area (Å²) in [5.74, 6) is -0.916. The number of morpholine rings is 1. The van der Waals surface area contributed by atoms with Crippen molar-refractivity contribution in [2.24, 2.45) is 5.73 Å². The zero-order valence-corrected chi connectivity index (χ0v) is 11.5. The van der Waals surface area contributed by atoms with Crippen LogP contribution >= 0.6 is 0 Å². The summed E-state index contributed by atoms with van der Waals surface area (Å²) >= 11 is 0. The number of nitrogens with zero attached hydrogens (tertiary/aromatic N) is 1. The van der Waals surface area contributed by atoms with Crippen molar-refractivity contribution in [2.75, 3.05) is 26.3 Å². The Bertz CT molecular complexity index is 269. The molecule has 1 aliphatic rings. The maximum Gasteiger partial charge on any atom is 0.323 e. The van der Waals surface area contributed by atoms with Crippen LogP contribution in [0.15, 0.2) is 0 Å². The predicted molar refractivity (Wildman–Crippen MR) is 70.6 cm³/mol. The molecule has 1 rings (SSSR count). The molecule has 1 heterocycles.